The standard InChI is InChI=1S/C25H25BrN4O3S/c1-3-34-25-28-24-27-18-5-4-6-19(31)22(18)23(30(24)29-25)16-9-12-20(21(13-16)32-2)33-14-15-7-10-17(26)11-8-15/h7-13,23H,3-6,14H2,1-2H3,(H,27,28,29). The van der Waals surface area contributed by atoms with Crippen LogP contribution in [0.25, 0.3) is 0 Å². The number of anilines is 1. The van der Waals surface area contributed by atoms with Crippen LogP contribution in [0, 0.1) is 0 Å². The molecule has 0 bridgehead atoms. The SMILES string of the molecule is CCSc1nc2n(n1)C(c1ccc(OCc3ccc(Br)cc3)c(OC)c1)C1=C(CCCC1=O)N2. The summed E-state index contributed by atoms with van der Waals surface area (Å²) in [4.78, 5) is 17.7. The predicted molar refractivity (Wildman–Crippen MR) is 136 cm³/mol. The van der Waals surface area contributed by atoms with Gasteiger partial charge in [-0.1, -0.05) is 52.8 Å². The molecule has 176 valence electrons. The number of nitrogens with zero attached hydrogens (tertiary/aromatic N) is 3. The number of hydrogen-bond donors (Lipinski definition) is 1. The Kier molecular flexibility index (Phi) is 6.65. The summed E-state index contributed by atoms with van der Waals surface area (Å²) in [5.41, 5.74) is 3.69. The van der Waals surface area contributed by atoms with Gasteiger partial charge in [-0.25, -0.2) is 4.68 Å². The second-order valence-electron chi connectivity index (χ2n) is 8.12. The minimum Gasteiger partial charge on any atom is -0.493 e. The molecule has 0 amide bonds. The second-order valence-corrected chi connectivity index (χ2v) is 10.3. The third kappa shape index (κ3) is 4.46. The third-order valence-corrected chi connectivity index (χ3v) is 7.18. The first-order chi connectivity index (χ1) is 16.6. The Bertz CT molecular complexity index is 1260. The molecular formula is C25H25BrN4O3S. The maximum absolute atomic E-state index is 13.0. The number of fused-ring (bicyclic) bond motifs is 1. The zero-order chi connectivity index (χ0) is 23.7. The molecule has 1 aliphatic heterocycles. The van der Waals surface area contributed by atoms with Crippen molar-refractivity contribution in [1.82, 2.24) is 14.8 Å². The molecule has 1 aromatic heterocycles. The van der Waals surface area contributed by atoms with E-state index in [0.29, 0.717) is 35.6 Å². The molecule has 2 aromatic carbocycles. The van der Waals surface area contributed by atoms with Gasteiger partial charge in [0.1, 0.15) is 12.6 Å². The Hall–Kier alpha value is -2.78. The molecule has 2 aliphatic rings. The maximum atomic E-state index is 13.0. The van der Waals surface area contributed by atoms with E-state index in [9.17, 15) is 4.79 Å². The number of hydrogen-bond acceptors (Lipinski definition) is 7. The summed E-state index contributed by atoms with van der Waals surface area (Å²) < 4.78 is 14.6. The van der Waals surface area contributed by atoms with Crippen molar-refractivity contribution in [2.45, 2.75) is 44.0 Å². The summed E-state index contributed by atoms with van der Waals surface area (Å²) in [5, 5.41) is 8.79. The van der Waals surface area contributed by atoms with Gasteiger partial charge in [0, 0.05) is 22.2 Å². The molecular weight excluding hydrogens is 516 g/mol. The number of methoxy groups -OCH3 is 1. The highest BCUT2D eigenvalue weighted by Crippen LogP contribution is 2.42. The van der Waals surface area contributed by atoms with E-state index >= 15 is 0 Å². The molecule has 0 fully saturated rings. The van der Waals surface area contributed by atoms with Gasteiger partial charge in [0.15, 0.2) is 17.3 Å². The maximum Gasteiger partial charge on any atom is 0.227 e. The van der Waals surface area contributed by atoms with Crippen LogP contribution in [-0.2, 0) is 11.4 Å². The smallest absolute Gasteiger partial charge is 0.227 e. The summed E-state index contributed by atoms with van der Waals surface area (Å²) in [6.45, 7) is 2.50. The molecule has 9 heteroatoms. The monoisotopic (exact) mass is 540 g/mol. The molecule has 7 nitrogen and oxygen atoms in total. The molecule has 34 heavy (non-hydrogen) atoms. The molecule has 1 N–H and O–H groups in total. The molecule has 5 rings (SSSR count). The largest absolute Gasteiger partial charge is 0.493 e. The van der Waals surface area contributed by atoms with Crippen LogP contribution in [0.2, 0.25) is 0 Å². The summed E-state index contributed by atoms with van der Waals surface area (Å²) in [6, 6.07) is 13.5. The molecule has 0 radical (unpaired) electrons. The van der Waals surface area contributed by atoms with Crippen molar-refractivity contribution >= 4 is 39.4 Å². The van der Waals surface area contributed by atoms with E-state index in [2.05, 4.69) is 33.2 Å². The van der Waals surface area contributed by atoms with Crippen LogP contribution in [0.4, 0.5) is 5.95 Å². The van der Waals surface area contributed by atoms with Crippen LogP contribution in [0.1, 0.15) is 43.4 Å². The Balaban J connectivity index is 1.50. The molecule has 1 atom stereocenters. The van der Waals surface area contributed by atoms with Crippen LogP contribution >= 0.6 is 27.7 Å². The zero-order valence-electron chi connectivity index (χ0n) is 19.0. The molecule has 3 aromatic rings. The number of Topliss-reactive ketones (excluding diaryl/α,β-unsaturated/α-hetero) is 1. The number of halogens is 1. The van der Waals surface area contributed by atoms with Crippen LogP contribution in [-0.4, -0.2) is 33.4 Å². The zero-order valence-corrected chi connectivity index (χ0v) is 21.4. The van der Waals surface area contributed by atoms with Crippen LogP contribution in [0.5, 0.6) is 11.5 Å². The van der Waals surface area contributed by atoms with Crippen molar-refractivity contribution in [3.05, 3.63) is 69.3 Å². The first-order valence-electron chi connectivity index (χ1n) is 11.2. The molecule has 0 saturated carbocycles. The van der Waals surface area contributed by atoms with Gasteiger partial charge in [-0.05, 0) is 54.0 Å². The van der Waals surface area contributed by atoms with Crippen molar-refractivity contribution in [3.8, 4) is 11.5 Å². The molecule has 2 heterocycles. The lowest BCUT2D eigenvalue weighted by molar-refractivity contribution is -0.116. The number of allylic oxidation sites excluding steroid dienone is 2. The van der Waals surface area contributed by atoms with Gasteiger partial charge in [0.25, 0.3) is 0 Å². The lowest BCUT2D eigenvalue weighted by atomic mass is 9.85. The highest BCUT2D eigenvalue weighted by molar-refractivity contribution is 9.10. The first-order valence-corrected chi connectivity index (χ1v) is 13.0. The summed E-state index contributed by atoms with van der Waals surface area (Å²) in [7, 11) is 1.63. The second kappa shape index (κ2) is 9.84. The summed E-state index contributed by atoms with van der Waals surface area (Å²) in [6.07, 6.45) is 2.21. The minimum atomic E-state index is -0.354. The van der Waals surface area contributed by atoms with Gasteiger partial charge in [0.05, 0.1) is 7.11 Å². The van der Waals surface area contributed by atoms with E-state index in [0.717, 1.165) is 45.5 Å². The topological polar surface area (TPSA) is 78.3 Å². The van der Waals surface area contributed by atoms with Crippen LogP contribution < -0.4 is 14.8 Å². The van der Waals surface area contributed by atoms with Gasteiger partial charge in [-0.3, -0.25) is 4.79 Å². The van der Waals surface area contributed by atoms with Crippen molar-refractivity contribution < 1.29 is 14.3 Å². The average Bonchev–Trinajstić information content (AvgIpc) is 3.25. The van der Waals surface area contributed by atoms with Crippen molar-refractivity contribution in [1.29, 1.82) is 0 Å². The van der Waals surface area contributed by atoms with Crippen molar-refractivity contribution in [3.63, 3.8) is 0 Å². The lowest BCUT2D eigenvalue weighted by Gasteiger charge is -2.32. The van der Waals surface area contributed by atoms with Crippen LogP contribution in [0.15, 0.2) is 63.4 Å². The van der Waals surface area contributed by atoms with Gasteiger partial charge >= 0.3 is 0 Å². The molecule has 0 spiro atoms. The molecule has 1 aliphatic carbocycles. The fourth-order valence-corrected chi connectivity index (χ4v) is 5.17. The number of ketones is 1. The number of carbonyl (C=O) groups is 1. The first kappa shape index (κ1) is 23.0. The van der Waals surface area contributed by atoms with E-state index in [1.165, 1.54) is 0 Å². The Labute approximate surface area is 211 Å². The Morgan fingerprint density at radius 2 is 2.00 bits per heavy atom. The van der Waals surface area contributed by atoms with Gasteiger partial charge in [-0.2, -0.15) is 4.98 Å². The summed E-state index contributed by atoms with van der Waals surface area (Å²) >= 11 is 5.04. The third-order valence-electron chi connectivity index (χ3n) is 5.93. The van der Waals surface area contributed by atoms with Gasteiger partial charge in [0.2, 0.25) is 11.1 Å². The van der Waals surface area contributed by atoms with Gasteiger partial charge < -0.3 is 14.8 Å². The van der Waals surface area contributed by atoms with E-state index in [1.54, 1.807) is 18.9 Å². The number of aromatic nitrogens is 3. The lowest BCUT2D eigenvalue weighted by Crippen LogP contribution is -2.31. The number of carbonyl (C=O) groups excluding carboxylic acids is 1. The Morgan fingerprint density at radius 3 is 2.76 bits per heavy atom. The number of rotatable bonds is 7. The number of ether oxygens (including phenoxy) is 2. The quantitative estimate of drug-likeness (QED) is 0.381. The number of nitrogens with one attached hydrogen (secondary N) is 1. The fraction of sp³-hybridized carbons (Fsp3) is 0.320. The fourth-order valence-electron chi connectivity index (χ4n) is 4.35. The highest BCUT2D eigenvalue weighted by Gasteiger charge is 2.37. The average molecular weight is 541 g/mol. The highest BCUT2D eigenvalue weighted by atomic mass is 79.9. The van der Waals surface area contributed by atoms with E-state index in [-0.39, 0.29) is 11.8 Å². The van der Waals surface area contributed by atoms with E-state index < -0.39 is 0 Å². The van der Waals surface area contributed by atoms with Crippen LogP contribution in [0.3, 0.4) is 0 Å². The van der Waals surface area contributed by atoms with Gasteiger partial charge in [-0.15, -0.1) is 5.10 Å². The Morgan fingerprint density at radius 1 is 1.18 bits per heavy atom. The number of benzene rings is 2. The molecule has 0 saturated heterocycles. The van der Waals surface area contributed by atoms with E-state index in [1.807, 2.05) is 47.1 Å². The van der Waals surface area contributed by atoms with Crippen molar-refractivity contribution in [2.24, 2.45) is 0 Å². The normalized spacial score (nSPS) is 17.1. The summed E-state index contributed by atoms with van der Waals surface area (Å²) in [5.74, 6) is 2.96. The van der Waals surface area contributed by atoms with Crippen molar-refractivity contribution in [2.75, 3.05) is 18.2 Å². The minimum absolute atomic E-state index is 0.152. The predicted octanol–water partition coefficient (Wildman–Crippen LogP) is 5.76. The number of thioether (sulfide) groups is 1. The molecule has 1 unspecified atom stereocenters. The van der Waals surface area contributed by atoms with E-state index in [4.69, 9.17) is 14.6 Å².